The maximum absolute atomic E-state index is 12.0. The number of amides is 2. The number of fused-ring (bicyclic) bond motifs is 1. The monoisotopic (exact) mass is 354 g/mol. The molecule has 0 aliphatic rings. The van der Waals surface area contributed by atoms with E-state index in [1.54, 1.807) is 6.07 Å². The van der Waals surface area contributed by atoms with Crippen LogP contribution in [0.3, 0.4) is 0 Å². The highest BCUT2D eigenvalue weighted by Gasteiger charge is 2.29. The third-order valence-corrected chi connectivity index (χ3v) is 3.69. The van der Waals surface area contributed by atoms with Crippen LogP contribution in [0.4, 0.5) is 5.82 Å². The van der Waals surface area contributed by atoms with E-state index < -0.39 is 24.9 Å². The van der Waals surface area contributed by atoms with Crippen LogP contribution in [-0.4, -0.2) is 44.9 Å². The molecule has 0 saturated heterocycles. The lowest BCUT2D eigenvalue weighted by Gasteiger charge is -2.16. The van der Waals surface area contributed by atoms with Gasteiger partial charge in [-0.1, -0.05) is 18.2 Å². The Bertz CT molecular complexity index is 915. The van der Waals surface area contributed by atoms with Gasteiger partial charge in [0.15, 0.2) is 5.82 Å². The minimum atomic E-state index is -1.86. The van der Waals surface area contributed by atoms with Crippen LogP contribution in [0.25, 0.3) is 11.0 Å². The summed E-state index contributed by atoms with van der Waals surface area (Å²) in [6.07, 6.45) is 5.60. The molecule has 0 spiro atoms. The number of rotatable bonds is 5. The molecule has 3 rings (SSSR count). The number of hydrogen-bond acceptors (Lipinski definition) is 7. The standard InChI is InChI=1S/C16H15BN4O5/c22-15(16(23)21-14-8-18-5-6-19-14)20-13(17(24)25)7-10-9-26-12-4-2-1-3-11(10)12/h1-6,8-9,13,24-25H,7H2,(H,20,22)(H,19,21,23)/t13-/m0/s1. The van der Waals surface area contributed by atoms with E-state index in [9.17, 15) is 19.6 Å². The van der Waals surface area contributed by atoms with Crippen LogP contribution in [0, 0.1) is 0 Å². The summed E-state index contributed by atoms with van der Waals surface area (Å²) in [5, 5.41) is 24.5. The molecule has 1 aromatic carbocycles. The maximum atomic E-state index is 12.0. The van der Waals surface area contributed by atoms with Crippen molar-refractivity contribution in [3.05, 3.63) is 54.7 Å². The fourth-order valence-electron chi connectivity index (χ4n) is 2.43. The van der Waals surface area contributed by atoms with Gasteiger partial charge in [0.25, 0.3) is 0 Å². The van der Waals surface area contributed by atoms with Gasteiger partial charge in [-0.25, -0.2) is 4.98 Å². The molecule has 3 aromatic rings. The molecule has 0 saturated carbocycles. The Labute approximate surface area is 148 Å². The summed E-state index contributed by atoms with van der Waals surface area (Å²) in [5.74, 6) is -3.01. The molecular formula is C16H15BN4O5. The SMILES string of the molecule is O=C(Nc1cnccn1)C(=O)N[C@@H](Cc1coc2ccccc12)B(O)O. The predicted molar refractivity (Wildman–Crippen MR) is 92.7 cm³/mol. The minimum Gasteiger partial charge on any atom is -0.464 e. The van der Waals surface area contributed by atoms with Crippen molar-refractivity contribution in [2.24, 2.45) is 0 Å². The number of carbonyl (C=O) groups is 2. The van der Waals surface area contributed by atoms with Crippen LogP contribution in [0.2, 0.25) is 0 Å². The Morgan fingerprint density at radius 1 is 1.19 bits per heavy atom. The first-order valence-electron chi connectivity index (χ1n) is 7.73. The van der Waals surface area contributed by atoms with Crippen LogP contribution in [-0.2, 0) is 16.0 Å². The first kappa shape index (κ1) is 17.6. The first-order chi connectivity index (χ1) is 12.5. The Balaban J connectivity index is 1.68. The highest BCUT2D eigenvalue weighted by atomic mass is 16.4. The summed E-state index contributed by atoms with van der Waals surface area (Å²) in [5.41, 5.74) is 1.31. The molecule has 2 amide bonds. The van der Waals surface area contributed by atoms with Gasteiger partial charge in [0.1, 0.15) is 5.58 Å². The second kappa shape index (κ2) is 7.76. The van der Waals surface area contributed by atoms with Gasteiger partial charge in [-0.3, -0.25) is 14.6 Å². The highest BCUT2D eigenvalue weighted by Crippen LogP contribution is 2.22. The van der Waals surface area contributed by atoms with Crippen molar-refractivity contribution < 1.29 is 24.1 Å². The molecule has 0 aliphatic heterocycles. The summed E-state index contributed by atoms with van der Waals surface area (Å²) < 4.78 is 5.39. The normalized spacial score (nSPS) is 11.8. The van der Waals surface area contributed by atoms with Crippen molar-refractivity contribution in [2.75, 3.05) is 5.32 Å². The first-order valence-corrected chi connectivity index (χ1v) is 7.73. The molecule has 0 radical (unpaired) electrons. The van der Waals surface area contributed by atoms with Gasteiger partial charge >= 0.3 is 18.9 Å². The van der Waals surface area contributed by atoms with E-state index in [2.05, 4.69) is 20.6 Å². The smallest absolute Gasteiger partial charge is 0.464 e. The van der Waals surface area contributed by atoms with Crippen molar-refractivity contribution in [3.8, 4) is 0 Å². The van der Waals surface area contributed by atoms with Crippen molar-refractivity contribution in [1.82, 2.24) is 15.3 Å². The van der Waals surface area contributed by atoms with Gasteiger partial charge in [-0.05, 0) is 18.1 Å². The number of anilines is 1. The van der Waals surface area contributed by atoms with Gasteiger partial charge in [-0.2, -0.15) is 0 Å². The van der Waals surface area contributed by atoms with E-state index in [0.29, 0.717) is 11.1 Å². The van der Waals surface area contributed by atoms with E-state index >= 15 is 0 Å². The fourth-order valence-corrected chi connectivity index (χ4v) is 2.43. The number of hydrogen-bond donors (Lipinski definition) is 4. The van der Waals surface area contributed by atoms with Crippen molar-refractivity contribution in [3.63, 3.8) is 0 Å². The predicted octanol–water partition coefficient (Wildman–Crippen LogP) is -0.0992. The largest absolute Gasteiger partial charge is 0.475 e. The van der Waals surface area contributed by atoms with E-state index in [0.717, 1.165) is 5.39 Å². The Morgan fingerprint density at radius 2 is 2.00 bits per heavy atom. The van der Waals surface area contributed by atoms with Gasteiger partial charge in [0.2, 0.25) is 0 Å². The van der Waals surface area contributed by atoms with Crippen molar-refractivity contribution in [2.45, 2.75) is 12.4 Å². The molecule has 10 heteroatoms. The second-order valence-electron chi connectivity index (χ2n) is 5.50. The maximum Gasteiger partial charge on any atom is 0.475 e. The lowest BCUT2D eigenvalue weighted by atomic mass is 9.76. The molecule has 0 unspecified atom stereocenters. The molecule has 4 N–H and O–H groups in total. The number of aromatic nitrogens is 2. The van der Waals surface area contributed by atoms with E-state index in [1.807, 2.05) is 18.2 Å². The number of nitrogens with zero attached hydrogens (tertiary/aromatic N) is 2. The summed E-state index contributed by atoms with van der Waals surface area (Å²) >= 11 is 0. The van der Waals surface area contributed by atoms with Crippen LogP contribution in [0.5, 0.6) is 0 Å². The topological polar surface area (TPSA) is 138 Å². The highest BCUT2D eigenvalue weighted by molar-refractivity contribution is 6.46. The zero-order chi connectivity index (χ0) is 18.5. The number of nitrogens with one attached hydrogen (secondary N) is 2. The molecule has 2 heterocycles. The van der Waals surface area contributed by atoms with Gasteiger partial charge in [-0.15, -0.1) is 0 Å². The average molecular weight is 354 g/mol. The van der Waals surface area contributed by atoms with Gasteiger partial charge < -0.3 is 25.1 Å². The molecule has 132 valence electrons. The second-order valence-corrected chi connectivity index (χ2v) is 5.50. The van der Waals surface area contributed by atoms with Gasteiger partial charge in [0.05, 0.1) is 18.4 Å². The fraction of sp³-hybridized carbons (Fsp3) is 0.125. The number of benzene rings is 1. The molecular weight excluding hydrogens is 339 g/mol. The quantitative estimate of drug-likeness (QED) is 0.371. The van der Waals surface area contributed by atoms with E-state index in [-0.39, 0.29) is 12.2 Å². The molecule has 26 heavy (non-hydrogen) atoms. The Hall–Kier alpha value is -3.24. The Morgan fingerprint density at radius 3 is 2.73 bits per heavy atom. The van der Waals surface area contributed by atoms with Crippen molar-refractivity contribution >= 4 is 35.7 Å². The lowest BCUT2D eigenvalue weighted by Crippen LogP contribution is -2.51. The van der Waals surface area contributed by atoms with Gasteiger partial charge in [0, 0.05) is 17.8 Å². The van der Waals surface area contributed by atoms with E-state index in [4.69, 9.17) is 4.42 Å². The molecule has 0 fully saturated rings. The summed E-state index contributed by atoms with van der Waals surface area (Å²) in [6, 6.07) is 7.22. The van der Waals surface area contributed by atoms with Crippen LogP contribution in [0.1, 0.15) is 5.56 Å². The zero-order valence-corrected chi connectivity index (χ0v) is 13.5. The Kier molecular flexibility index (Phi) is 5.25. The molecule has 1 atom stereocenters. The summed E-state index contributed by atoms with van der Waals surface area (Å²) in [6.45, 7) is 0. The molecule has 0 aliphatic carbocycles. The molecule has 2 aromatic heterocycles. The summed E-state index contributed by atoms with van der Waals surface area (Å²) in [4.78, 5) is 31.5. The number of carbonyl (C=O) groups excluding carboxylic acids is 2. The van der Waals surface area contributed by atoms with Crippen LogP contribution < -0.4 is 10.6 Å². The average Bonchev–Trinajstić information content (AvgIpc) is 3.05. The van der Waals surface area contributed by atoms with Crippen molar-refractivity contribution in [1.29, 1.82) is 0 Å². The van der Waals surface area contributed by atoms with E-state index in [1.165, 1.54) is 24.9 Å². The zero-order valence-electron chi connectivity index (χ0n) is 13.5. The number of para-hydroxylation sites is 1. The third kappa shape index (κ3) is 4.05. The summed E-state index contributed by atoms with van der Waals surface area (Å²) in [7, 11) is -1.86. The lowest BCUT2D eigenvalue weighted by molar-refractivity contribution is -0.136. The van der Waals surface area contributed by atoms with Crippen LogP contribution in [0.15, 0.2) is 53.5 Å². The number of furan rings is 1. The minimum absolute atomic E-state index is 0.0683. The van der Waals surface area contributed by atoms with Crippen LogP contribution >= 0.6 is 0 Å². The third-order valence-electron chi connectivity index (χ3n) is 3.69. The molecule has 9 nitrogen and oxygen atoms in total. The molecule has 0 bridgehead atoms.